The van der Waals surface area contributed by atoms with Crippen LogP contribution in [0.4, 0.5) is 5.69 Å². The number of para-hydroxylation sites is 1. The van der Waals surface area contributed by atoms with E-state index in [1.807, 2.05) is 24.3 Å². The summed E-state index contributed by atoms with van der Waals surface area (Å²) in [6.07, 6.45) is 0.0897. The highest BCUT2D eigenvalue weighted by Crippen LogP contribution is 2.26. The highest BCUT2D eigenvalue weighted by molar-refractivity contribution is 9.10. The number of nitrogens with zero attached hydrogens (tertiary/aromatic N) is 1. The third kappa shape index (κ3) is 4.28. The molecule has 0 radical (unpaired) electrons. The van der Waals surface area contributed by atoms with Gasteiger partial charge in [0, 0.05) is 23.1 Å². The molecular formula is C19H18BrN3O4. The van der Waals surface area contributed by atoms with Crippen LogP contribution in [0.2, 0.25) is 0 Å². The Balaban J connectivity index is 1.59. The zero-order valence-corrected chi connectivity index (χ0v) is 16.2. The number of hydrogen-bond donors (Lipinski definition) is 2. The summed E-state index contributed by atoms with van der Waals surface area (Å²) in [5.41, 5.74) is 5.81. The smallest absolute Gasteiger partial charge is 0.273 e. The molecule has 2 aromatic rings. The van der Waals surface area contributed by atoms with E-state index >= 15 is 0 Å². The first-order chi connectivity index (χ1) is 13.0. The first kappa shape index (κ1) is 18.9. The van der Waals surface area contributed by atoms with Gasteiger partial charge in [0.05, 0.1) is 18.6 Å². The normalized spacial score (nSPS) is 16.1. The second kappa shape index (κ2) is 8.22. The van der Waals surface area contributed by atoms with E-state index in [-0.39, 0.29) is 18.9 Å². The van der Waals surface area contributed by atoms with Crippen molar-refractivity contribution >= 4 is 39.3 Å². The van der Waals surface area contributed by atoms with Gasteiger partial charge in [-0.05, 0) is 36.4 Å². The molecule has 1 atom stereocenters. The third-order valence-corrected chi connectivity index (χ3v) is 4.81. The second-order valence-corrected chi connectivity index (χ2v) is 6.94. The van der Waals surface area contributed by atoms with E-state index in [2.05, 4.69) is 26.8 Å². The second-order valence-electron chi connectivity index (χ2n) is 6.03. The van der Waals surface area contributed by atoms with Crippen LogP contribution in [0.15, 0.2) is 53.0 Å². The number of rotatable bonds is 4. The molecule has 2 aromatic carbocycles. The molecule has 0 aliphatic carbocycles. The number of ether oxygens (including phenoxy) is 1. The zero-order chi connectivity index (χ0) is 19.4. The van der Waals surface area contributed by atoms with E-state index in [9.17, 15) is 14.4 Å². The van der Waals surface area contributed by atoms with Crippen LogP contribution < -0.4 is 20.5 Å². The minimum atomic E-state index is -0.542. The van der Waals surface area contributed by atoms with Gasteiger partial charge in [-0.25, -0.2) is 0 Å². The molecule has 1 aliphatic rings. The van der Waals surface area contributed by atoms with Gasteiger partial charge in [0.25, 0.3) is 5.91 Å². The van der Waals surface area contributed by atoms with Gasteiger partial charge in [0.2, 0.25) is 11.8 Å². The van der Waals surface area contributed by atoms with Crippen LogP contribution in [0.1, 0.15) is 16.8 Å². The molecule has 140 valence electrons. The number of carbonyl (C=O) groups is 3. The lowest BCUT2D eigenvalue weighted by Gasteiger charge is -2.17. The highest BCUT2D eigenvalue weighted by Gasteiger charge is 2.35. The van der Waals surface area contributed by atoms with Crippen LogP contribution in [-0.2, 0) is 9.59 Å². The van der Waals surface area contributed by atoms with Gasteiger partial charge >= 0.3 is 0 Å². The molecule has 0 bridgehead atoms. The molecule has 3 rings (SSSR count). The van der Waals surface area contributed by atoms with E-state index in [0.29, 0.717) is 11.3 Å². The fourth-order valence-corrected chi connectivity index (χ4v) is 3.14. The Morgan fingerprint density at radius 1 is 1.11 bits per heavy atom. The summed E-state index contributed by atoms with van der Waals surface area (Å²) < 4.78 is 6.04. The summed E-state index contributed by atoms with van der Waals surface area (Å²) >= 11 is 3.35. The minimum Gasteiger partial charge on any atom is -0.496 e. The Labute approximate surface area is 164 Å². The van der Waals surface area contributed by atoms with E-state index in [4.69, 9.17) is 4.74 Å². The first-order valence-electron chi connectivity index (χ1n) is 8.28. The predicted octanol–water partition coefficient (Wildman–Crippen LogP) is 2.27. The largest absolute Gasteiger partial charge is 0.496 e. The fourth-order valence-electron chi connectivity index (χ4n) is 2.87. The summed E-state index contributed by atoms with van der Waals surface area (Å²) in [6.45, 7) is 0.261. The quantitative estimate of drug-likeness (QED) is 0.726. The molecule has 1 saturated heterocycles. The highest BCUT2D eigenvalue weighted by atomic mass is 79.9. The van der Waals surface area contributed by atoms with Crippen LogP contribution in [0.3, 0.4) is 0 Å². The van der Waals surface area contributed by atoms with Crippen LogP contribution in [0.25, 0.3) is 0 Å². The maximum atomic E-state index is 12.4. The topological polar surface area (TPSA) is 87.7 Å². The Morgan fingerprint density at radius 3 is 2.52 bits per heavy atom. The molecule has 0 aromatic heterocycles. The van der Waals surface area contributed by atoms with Crippen molar-refractivity contribution < 1.29 is 19.1 Å². The van der Waals surface area contributed by atoms with Crippen LogP contribution in [-0.4, -0.2) is 31.4 Å². The summed E-state index contributed by atoms with van der Waals surface area (Å²) in [4.78, 5) is 38.4. The van der Waals surface area contributed by atoms with Crippen LogP contribution in [0.5, 0.6) is 5.75 Å². The first-order valence-corrected chi connectivity index (χ1v) is 9.08. The van der Waals surface area contributed by atoms with Crippen molar-refractivity contribution in [2.45, 2.75) is 6.42 Å². The molecule has 0 saturated carbocycles. The fraction of sp³-hybridized carbons (Fsp3) is 0.211. The predicted molar refractivity (Wildman–Crippen MR) is 103 cm³/mol. The van der Waals surface area contributed by atoms with Gasteiger partial charge in [0.15, 0.2) is 0 Å². The van der Waals surface area contributed by atoms with E-state index in [0.717, 1.165) is 10.2 Å². The minimum absolute atomic E-state index is 0.0897. The van der Waals surface area contributed by atoms with Gasteiger partial charge in [-0.1, -0.05) is 28.1 Å². The Hall–Kier alpha value is -2.87. The molecule has 8 heteroatoms. The monoisotopic (exact) mass is 431 g/mol. The molecule has 1 fully saturated rings. The average molecular weight is 432 g/mol. The lowest BCUT2D eigenvalue weighted by Crippen LogP contribution is -2.45. The number of carbonyl (C=O) groups excluding carboxylic acids is 3. The van der Waals surface area contributed by atoms with E-state index in [1.165, 1.54) is 7.11 Å². The van der Waals surface area contributed by atoms with Gasteiger partial charge in [0.1, 0.15) is 5.75 Å². The Kier molecular flexibility index (Phi) is 5.75. The molecule has 1 aliphatic heterocycles. The molecule has 7 nitrogen and oxygen atoms in total. The summed E-state index contributed by atoms with van der Waals surface area (Å²) in [5, 5.41) is 0. The number of benzene rings is 2. The summed E-state index contributed by atoms with van der Waals surface area (Å²) in [6, 6.07) is 14.0. The van der Waals surface area contributed by atoms with Crippen molar-refractivity contribution in [3.8, 4) is 5.75 Å². The molecule has 27 heavy (non-hydrogen) atoms. The number of anilines is 1. The van der Waals surface area contributed by atoms with E-state index in [1.54, 1.807) is 29.2 Å². The number of nitrogens with one attached hydrogen (secondary N) is 2. The van der Waals surface area contributed by atoms with Crippen molar-refractivity contribution in [1.29, 1.82) is 0 Å². The molecule has 1 heterocycles. The molecule has 0 unspecified atom stereocenters. The van der Waals surface area contributed by atoms with Gasteiger partial charge < -0.3 is 9.64 Å². The number of hydrazine groups is 1. The van der Waals surface area contributed by atoms with Crippen LogP contribution in [0, 0.1) is 5.92 Å². The number of methoxy groups -OCH3 is 1. The van der Waals surface area contributed by atoms with Gasteiger partial charge in [-0.2, -0.15) is 0 Å². The van der Waals surface area contributed by atoms with Crippen LogP contribution >= 0.6 is 15.9 Å². The number of halogens is 1. The third-order valence-electron chi connectivity index (χ3n) is 4.28. The molecule has 3 amide bonds. The number of amides is 3. The summed E-state index contributed by atoms with van der Waals surface area (Å²) in [7, 11) is 1.46. The lowest BCUT2D eigenvalue weighted by molar-refractivity contribution is -0.126. The SMILES string of the molecule is COc1ccccc1C(=O)NNC(=O)[C@H]1CC(=O)N(c2ccc(Br)cc2)C1. The Bertz CT molecular complexity index is 870. The van der Waals surface area contributed by atoms with E-state index < -0.39 is 17.7 Å². The van der Waals surface area contributed by atoms with Crippen molar-refractivity contribution in [3.63, 3.8) is 0 Å². The summed E-state index contributed by atoms with van der Waals surface area (Å²) in [5.74, 6) is -1.17. The van der Waals surface area contributed by atoms with Crippen molar-refractivity contribution in [2.24, 2.45) is 5.92 Å². The standard InChI is InChI=1S/C19H18BrN3O4/c1-27-16-5-3-2-4-15(16)19(26)22-21-18(25)12-10-17(24)23(11-12)14-8-6-13(20)7-9-14/h2-9,12H,10-11H2,1H3,(H,21,25)(H,22,26)/t12-/m0/s1. The van der Waals surface area contributed by atoms with Gasteiger partial charge in [-0.15, -0.1) is 0 Å². The zero-order valence-electron chi connectivity index (χ0n) is 14.6. The Morgan fingerprint density at radius 2 is 1.81 bits per heavy atom. The average Bonchev–Trinajstić information content (AvgIpc) is 3.08. The molecule has 2 N–H and O–H groups in total. The molecular weight excluding hydrogens is 414 g/mol. The van der Waals surface area contributed by atoms with Gasteiger partial charge in [-0.3, -0.25) is 25.2 Å². The maximum Gasteiger partial charge on any atom is 0.273 e. The lowest BCUT2D eigenvalue weighted by atomic mass is 10.1. The number of hydrogen-bond acceptors (Lipinski definition) is 4. The van der Waals surface area contributed by atoms with Crippen molar-refractivity contribution in [1.82, 2.24) is 10.9 Å². The molecule has 0 spiro atoms. The van der Waals surface area contributed by atoms with Crippen molar-refractivity contribution in [2.75, 3.05) is 18.6 Å². The maximum absolute atomic E-state index is 12.4. The van der Waals surface area contributed by atoms with Crippen molar-refractivity contribution in [3.05, 3.63) is 58.6 Å².